The summed E-state index contributed by atoms with van der Waals surface area (Å²) in [6.45, 7) is 8.79. The minimum Gasteiger partial charge on any atom is -0.447 e. The first-order chi connectivity index (χ1) is 23.3. The molecule has 0 bridgehead atoms. The van der Waals surface area contributed by atoms with Gasteiger partial charge in [0.05, 0.1) is 12.1 Å². The molecule has 2 aromatic rings. The van der Waals surface area contributed by atoms with E-state index in [1.165, 1.54) is 32.4 Å². The average Bonchev–Trinajstić information content (AvgIpc) is 3.49. The van der Waals surface area contributed by atoms with Gasteiger partial charge in [0.15, 0.2) is 0 Å². The van der Waals surface area contributed by atoms with Crippen molar-refractivity contribution in [2.45, 2.75) is 83.0 Å². The molecule has 0 radical (unpaired) electrons. The second-order valence-electron chi connectivity index (χ2n) is 14.9. The van der Waals surface area contributed by atoms with E-state index < -0.39 is 35.7 Å². The highest BCUT2D eigenvalue weighted by molar-refractivity contribution is 5.98. The topological polar surface area (TPSA) is 93.6 Å². The van der Waals surface area contributed by atoms with Gasteiger partial charge in [-0.05, 0) is 80.6 Å². The van der Waals surface area contributed by atoms with E-state index in [0.29, 0.717) is 25.4 Å². The van der Waals surface area contributed by atoms with Crippen molar-refractivity contribution in [1.82, 2.24) is 19.6 Å². The van der Waals surface area contributed by atoms with E-state index in [0.717, 1.165) is 36.9 Å². The predicted molar refractivity (Wildman–Crippen MR) is 186 cm³/mol. The van der Waals surface area contributed by atoms with Gasteiger partial charge in [-0.25, -0.2) is 4.79 Å². The number of benzene rings is 2. The molecule has 3 amide bonds. The maximum Gasteiger partial charge on any atom is 0.411 e. The van der Waals surface area contributed by atoms with Crippen LogP contribution in [-0.2, 0) is 14.3 Å². The molecule has 0 aromatic heterocycles. The number of aliphatic hydroxyl groups is 1. The second kappa shape index (κ2) is 15.2. The third kappa shape index (κ3) is 7.62. The third-order valence-electron chi connectivity index (χ3n) is 10.9. The molecule has 4 fully saturated rings. The van der Waals surface area contributed by atoms with Crippen LogP contribution >= 0.6 is 0 Å². The Hall–Kier alpha value is -3.69. The zero-order valence-electron chi connectivity index (χ0n) is 28.6. The van der Waals surface area contributed by atoms with Crippen LogP contribution in [0.3, 0.4) is 0 Å². The van der Waals surface area contributed by atoms with Gasteiger partial charge in [0.1, 0.15) is 18.7 Å². The normalized spacial score (nSPS) is 25.0. The number of hydrogen-bond donors (Lipinski definition) is 1. The highest BCUT2D eigenvalue weighted by Gasteiger charge is 2.58. The Morgan fingerprint density at radius 3 is 2.29 bits per heavy atom. The van der Waals surface area contributed by atoms with E-state index in [9.17, 15) is 19.5 Å². The van der Waals surface area contributed by atoms with Crippen LogP contribution in [0.1, 0.15) is 76.0 Å². The van der Waals surface area contributed by atoms with Gasteiger partial charge >= 0.3 is 6.09 Å². The fourth-order valence-electron chi connectivity index (χ4n) is 7.90. The van der Waals surface area contributed by atoms with Gasteiger partial charge in [-0.2, -0.15) is 0 Å². The molecule has 6 rings (SSSR count). The average molecular weight is 657 g/mol. The monoisotopic (exact) mass is 656 g/mol. The Kier molecular flexibility index (Phi) is 10.9. The van der Waals surface area contributed by atoms with Gasteiger partial charge in [0.25, 0.3) is 0 Å². The molecule has 0 aliphatic carbocycles. The zero-order valence-corrected chi connectivity index (χ0v) is 28.6. The number of carbonyl (C=O) groups excluding carboxylic acids is 3. The van der Waals surface area contributed by atoms with Gasteiger partial charge in [0.2, 0.25) is 11.8 Å². The van der Waals surface area contributed by atoms with Crippen molar-refractivity contribution in [2.24, 2.45) is 11.3 Å². The van der Waals surface area contributed by atoms with E-state index >= 15 is 0 Å². The Morgan fingerprint density at radius 2 is 1.62 bits per heavy atom. The number of hydrogen-bond acceptors (Lipinski definition) is 6. The molecule has 0 spiro atoms. The van der Waals surface area contributed by atoms with Crippen LogP contribution in [0.5, 0.6) is 0 Å². The number of likely N-dealkylation sites (tertiary alicyclic amines) is 3. The standard InChI is InChI=1S/C39H52N4O5/c1-39(2,28-44)26-33(36(45)41-24-19-30(20-25-41)18-23-40-21-10-5-11-22-40)42-32(17-16-29-12-6-3-7-13-29)35(37(42)46)43-34(27-48-38(43)47)31-14-8-4-9-15-31/h3-4,6-9,12-17,30,32-35,44H,5,10-11,18-28H2,1-2H3/t32?,33-,34+,35?/m0/s1. The van der Waals surface area contributed by atoms with Gasteiger partial charge in [-0.15, -0.1) is 0 Å². The summed E-state index contributed by atoms with van der Waals surface area (Å²) < 4.78 is 5.53. The first kappa shape index (κ1) is 34.2. The first-order valence-electron chi connectivity index (χ1n) is 17.9. The van der Waals surface area contributed by atoms with Crippen molar-refractivity contribution >= 4 is 24.0 Å². The van der Waals surface area contributed by atoms with E-state index in [2.05, 4.69) is 4.90 Å². The molecule has 9 heteroatoms. The summed E-state index contributed by atoms with van der Waals surface area (Å²) in [4.78, 5) is 49.9. The quantitative estimate of drug-likeness (QED) is 0.309. The van der Waals surface area contributed by atoms with Crippen molar-refractivity contribution in [1.29, 1.82) is 0 Å². The number of cyclic esters (lactones) is 1. The lowest BCUT2D eigenvalue weighted by Crippen LogP contribution is -2.74. The summed E-state index contributed by atoms with van der Waals surface area (Å²) in [5, 5.41) is 10.3. The summed E-state index contributed by atoms with van der Waals surface area (Å²) in [6.07, 6.45) is 10.7. The van der Waals surface area contributed by atoms with Crippen LogP contribution in [0.15, 0.2) is 66.7 Å². The largest absolute Gasteiger partial charge is 0.447 e. The molecule has 1 N–H and O–H groups in total. The van der Waals surface area contributed by atoms with Crippen LogP contribution in [0.25, 0.3) is 6.08 Å². The summed E-state index contributed by atoms with van der Waals surface area (Å²) in [7, 11) is 0. The van der Waals surface area contributed by atoms with E-state index in [-0.39, 0.29) is 25.0 Å². The van der Waals surface area contributed by atoms with Crippen molar-refractivity contribution in [3.8, 4) is 0 Å². The summed E-state index contributed by atoms with van der Waals surface area (Å²) in [5.74, 6) is 0.261. The molecular weight excluding hydrogens is 604 g/mol. The molecule has 4 aliphatic heterocycles. The first-order valence-corrected chi connectivity index (χ1v) is 17.9. The second-order valence-corrected chi connectivity index (χ2v) is 14.9. The number of carbonyl (C=O) groups is 3. The Bertz CT molecular complexity index is 1420. The number of rotatable bonds is 12. The number of amides is 3. The lowest BCUT2D eigenvalue weighted by atomic mass is 9.81. The Labute approximate surface area is 285 Å². The third-order valence-corrected chi connectivity index (χ3v) is 10.9. The highest BCUT2D eigenvalue weighted by Crippen LogP contribution is 2.41. The summed E-state index contributed by atoms with van der Waals surface area (Å²) >= 11 is 0. The zero-order chi connectivity index (χ0) is 33.7. The SMILES string of the molecule is CC(C)(CO)C[C@@H](C(=O)N1CCC(CCN2CCCCC2)CC1)N1C(=O)C(N2C(=O)OC[C@@H]2c2ccccc2)C1C=Cc1ccccc1. The maximum atomic E-state index is 14.5. The van der Waals surface area contributed by atoms with Crippen LogP contribution in [-0.4, -0.2) is 107 Å². The molecule has 4 atom stereocenters. The minimum atomic E-state index is -0.807. The Balaban J connectivity index is 1.24. The minimum absolute atomic E-state index is 0.0699. The highest BCUT2D eigenvalue weighted by atomic mass is 16.6. The number of nitrogens with zero attached hydrogens (tertiary/aromatic N) is 4. The van der Waals surface area contributed by atoms with Crippen molar-refractivity contribution in [3.63, 3.8) is 0 Å². The molecule has 258 valence electrons. The van der Waals surface area contributed by atoms with E-state index in [4.69, 9.17) is 4.74 Å². The lowest BCUT2D eigenvalue weighted by Gasteiger charge is -2.54. The van der Waals surface area contributed by atoms with Crippen molar-refractivity contribution in [2.75, 3.05) is 45.9 Å². The Morgan fingerprint density at radius 1 is 0.958 bits per heavy atom. The van der Waals surface area contributed by atoms with Crippen LogP contribution in [0.2, 0.25) is 0 Å². The van der Waals surface area contributed by atoms with Gasteiger partial charge < -0.3 is 24.5 Å². The van der Waals surface area contributed by atoms with Gasteiger partial charge in [0, 0.05) is 19.7 Å². The van der Waals surface area contributed by atoms with Crippen LogP contribution < -0.4 is 0 Å². The summed E-state index contributed by atoms with van der Waals surface area (Å²) in [5.41, 5.74) is 1.27. The van der Waals surface area contributed by atoms with Gasteiger partial charge in [-0.3, -0.25) is 14.5 Å². The van der Waals surface area contributed by atoms with Crippen molar-refractivity contribution in [3.05, 3.63) is 77.9 Å². The molecule has 2 aromatic carbocycles. The molecule has 4 heterocycles. The molecule has 2 unspecified atom stereocenters. The molecule has 4 saturated heterocycles. The molecule has 0 saturated carbocycles. The smallest absolute Gasteiger partial charge is 0.411 e. The summed E-state index contributed by atoms with van der Waals surface area (Å²) in [6, 6.07) is 17.0. The van der Waals surface area contributed by atoms with Crippen molar-refractivity contribution < 1.29 is 24.2 Å². The number of aliphatic hydroxyl groups excluding tert-OH is 1. The molecular formula is C39H52N4O5. The fraction of sp³-hybridized carbons (Fsp3) is 0.564. The van der Waals surface area contributed by atoms with Crippen LogP contribution in [0, 0.1) is 11.3 Å². The number of piperidine rings is 2. The molecule has 9 nitrogen and oxygen atoms in total. The maximum absolute atomic E-state index is 14.5. The molecule has 48 heavy (non-hydrogen) atoms. The van der Waals surface area contributed by atoms with Gasteiger partial charge in [-0.1, -0.05) is 93.1 Å². The number of ether oxygens (including phenoxy) is 1. The van der Waals surface area contributed by atoms with E-state index in [1.54, 1.807) is 9.80 Å². The van der Waals surface area contributed by atoms with E-state index in [1.807, 2.05) is 91.6 Å². The molecule has 4 aliphatic rings. The van der Waals surface area contributed by atoms with Crippen LogP contribution in [0.4, 0.5) is 4.79 Å². The fourth-order valence-corrected chi connectivity index (χ4v) is 7.90. The lowest BCUT2D eigenvalue weighted by molar-refractivity contribution is -0.167. The predicted octanol–water partition coefficient (Wildman–Crippen LogP) is 5.36. The number of β-lactam (4-membered cyclic amide) rings is 1.